The predicted molar refractivity (Wildman–Crippen MR) is 99.0 cm³/mol. The Balaban J connectivity index is 1.58. The molecule has 1 aliphatic rings. The molecule has 0 unspecified atom stereocenters. The molecular weight excluding hydrogens is 314 g/mol. The van der Waals surface area contributed by atoms with E-state index >= 15 is 0 Å². The van der Waals surface area contributed by atoms with Crippen molar-refractivity contribution < 1.29 is 9.53 Å². The van der Waals surface area contributed by atoms with Crippen LogP contribution in [0.15, 0.2) is 42.6 Å². The van der Waals surface area contributed by atoms with Crippen LogP contribution in [-0.2, 0) is 4.79 Å². The molecule has 1 fully saturated rings. The molecule has 1 amide bonds. The lowest BCUT2D eigenvalue weighted by Crippen LogP contribution is -2.52. The molecule has 0 bridgehead atoms. The van der Waals surface area contributed by atoms with E-state index in [9.17, 15) is 4.79 Å². The third-order valence-electron chi connectivity index (χ3n) is 4.77. The number of anilines is 1. The van der Waals surface area contributed by atoms with Crippen molar-refractivity contribution in [2.24, 2.45) is 0 Å². The fraction of sp³-hybridized carbons (Fsp3) is 0.400. The summed E-state index contributed by atoms with van der Waals surface area (Å²) in [6.07, 6.45) is 1.31. The summed E-state index contributed by atoms with van der Waals surface area (Å²) < 4.78 is 5.94. The maximum Gasteiger partial charge on any atom is 0.263 e. The molecule has 2 aromatic rings. The molecule has 0 N–H and O–H groups in total. The van der Waals surface area contributed by atoms with E-state index in [1.54, 1.807) is 6.20 Å². The third-order valence-corrected chi connectivity index (χ3v) is 4.77. The Labute approximate surface area is 149 Å². The van der Waals surface area contributed by atoms with Gasteiger partial charge in [-0.15, -0.1) is 0 Å². The fourth-order valence-corrected chi connectivity index (χ4v) is 3.05. The van der Waals surface area contributed by atoms with Crippen LogP contribution >= 0.6 is 0 Å². The van der Waals surface area contributed by atoms with Crippen molar-refractivity contribution in [3.05, 3.63) is 53.7 Å². The number of ether oxygens (including phenoxy) is 1. The van der Waals surface area contributed by atoms with Crippen molar-refractivity contribution in [2.45, 2.75) is 26.9 Å². The zero-order chi connectivity index (χ0) is 17.8. The van der Waals surface area contributed by atoms with E-state index in [-0.39, 0.29) is 5.91 Å². The van der Waals surface area contributed by atoms with Crippen molar-refractivity contribution in [1.82, 2.24) is 9.88 Å². The number of amides is 1. The Hall–Kier alpha value is -2.56. The van der Waals surface area contributed by atoms with Crippen LogP contribution in [0.2, 0.25) is 0 Å². The van der Waals surface area contributed by atoms with Gasteiger partial charge in [-0.05, 0) is 50.1 Å². The average Bonchev–Trinajstić information content (AvgIpc) is 2.65. The Bertz CT molecular complexity index is 725. The number of rotatable bonds is 4. The lowest BCUT2D eigenvalue weighted by molar-refractivity contribution is -0.138. The van der Waals surface area contributed by atoms with Gasteiger partial charge in [0.2, 0.25) is 0 Å². The molecule has 5 heteroatoms. The highest BCUT2D eigenvalue weighted by Crippen LogP contribution is 2.22. The number of piperazine rings is 1. The minimum absolute atomic E-state index is 0.0431. The summed E-state index contributed by atoms with van der Waals surface area (Å²) in [7, 11) is 0. The highest BCUT2D eigenvalue weighted by atomic mass is 16.5. The molecule has 0 aliphatic carbocycles. The Morgan fingerprint density at radius 2 is 1.84 bits per heavy atom. The van der Waals surface area contributed by atoms with Gasteiger partial charge in [0.15, 0.2) is 6.10 Å². The first-order valence-corrected chi connectivity index (χ1v) is 8.74. The number of carbonyl (C=O) groups is 1. The number of hydrogen-bond acceptors (Lipinski definition) is 4. The lowest BCUT2D eigenvalue weighted by Gasteiger charge is -2.36. The molecule has 1 aromatic carbocycles. The predicted octanol–water partition coefficient (Wildman–Crippen LogP) is 2.81. The van der Waals surface area contributed by atoms with E-state index in [4.69, 9.17) is 4.74 Å². The smallest absolute Gasteiger partial charge is 0.263 e. The van der Waals surface area contributed by atoms with Crippen molar-refractivity contribution in [3.8, 4) is 5.75 Å². The molecule has 5 nitrogen and oxygen atoms in total. The molecule has 1 aliphatic heterocycles. The van der Waals surface area contributed by atoms with Crippen LogP contribution in [0.4, 0.5) is 5.82 Å². The third kappa shape index (κ3) is 3.92. The van der Waals surface area contributed by atoms with Gasteiger partial charge >= 0.3 is 0 Å². The molecule has 1 atom stereocenters. The summed E-state index contributed by atoms with van der Waals surface area (Å²) in [6.45, 7) is 8.86. The number of pyridine rings is 1. The number of aromatic nitrogens is 1. The number of nitrogens with zero attached hydrogens (tertiary/aromatic N) is 3. The zero-order valence-corrected chi connectivity index (χ0v) is 15.1. The fourth-order valence-electron chi connectivity index (χ4n) is 3.05. The topological polar surface area (TPSA) is 45.7 Å². The van der Waals surface area contributed by atoms with E-state index in [1.807, 2.05) is 62.1 Å². The Kier molecular flexibility index (Phi) is 5.22. The first-order valence-electron chi connectivity index (χ1n) is 8.74. The maximum absolute atomic E-state index is 12.7. The second kappa shape index (κ2) is 7.55. The standard InChI is InChI=1S/C20H25N3O2/c1-15-7-6-8-18(16(15)2)25-17(3)20(24)23-13-11-22(12-14-23)19-9-4-5-10-21-19/h4-10,17H,11-14H2,1-3H3/t17-/m1/s1. The van der Waals surface area contributed by atoms with E-state index in [2.05, 4.69) is 9.88 Å². The normalized spacial score (nSPS) is 15.8. The average molecular weight is 339 g/mol. The van der Waals surface area contributed by atoms with E-state index in [1.165, 1.54) is 5.56 Å². The van der Waals surface area contributed by atoms with Gasteiger partial charge in [-0.25, -0.2) is 4.98 Å². The van der Waals surface area contributed by atoms with Crippen LogP contribution in [0.25, 0.3) is 0 Å². The second-order valence-corrected chi connectivity index (χ2v) is 6.46. The van der Waals surface area contributed by atoms with Gasteiger partial charge in [0.25, 0.3) is 5.91 Å². The van der Waals surface area contributed by atoms with Crippen LogP contribution in [-0.4, -0.2) is 48.1 Å². The molecule has 132 valence electrons. The van der Waals surface area contributed by atoms with Crippen molar-refractivity contribution >= 4 is 11.7 Å². The molecule has 1 aromatic heterocycles. The van der Waals surface area contributed by atoms with Gasteiger partial charge in [0.05, 0.1) is 0 Å². The Morgan fingerprint density at radius 1 is 1.08 bits per heavy atom. The quantitative estimate of drug-likeness (QED) is 0.859. The molecule has 0 saturated carbocycles. The first-order chi connectivity index (χ1) is 12.1. The largest absolute Gasteiger partial charge is 0.481 e. The van der Waals surface area contributed by atoms with Crippen LogP contribution in [0.1, 0.15) is 18.1 Å². The molecule has 3 rings (SSSR count). The van der Waals surface area contributed by atoms with Gasteiger partial charge in [-0.1, -0.05) is 18.2 Å². The lowest BCUT2D eigenvalue weighted by atomic mass is 10.1. The summed E-state index contributed by atoms with van der Waals surface area (Å²) in [4.78, 5) is 21.2. The number of benzene rings is 1. The molecule has 0 radical (unpaired) electrons. The van der Waals surface area contributed by atoms with Crippen LogP contribution < -0.4 is 9.64 Å². The SMILES string of the molecule is Cc1cccc(O[C@H](C)C(=O)N2CCN(c3ccccn3)CC2)c1C. The molecule has 0 spiro atoms. The van der Waals surface area contributed by atoms with Crippen LogP contribution in [0.3, 0.4) is 0 Å². The second-order valence-electron chi connectivity index (χ2n) is 6.46. The van der Waals surface area contributed by atoms with Crippen molar-refractivity contribution in [2.75, 3.05) is 31.1 Å². The van der Waals surface area contributed by atoms with Gasteiger partial charge in [0.1, 0.15) is 11.6 Å². The van der Waals surface area contributed by atoms with Crippen LogP contribution in [0, 0.1) is 13.8 Å². The highest BCUT2D eigenvalue weighted by molar-refractivity contribution is 5.81. The molecular formula is C20H25N3O2. The Morgan fingerprint density at radius 3 is 2.52 bits per heavy atom. The van der Waals surface area contributed by atoms with Gasteiger partial charge < -0.3 is 14.5 Å². The number of aryl methyl sites for hydroxylation is 1. The summed E-state index contributed by atoms with van der Waals surface area (Å²) in [5.74, 6) is 1.80. The number of carbonyl (C=O) groups excluding carboxylic acids is 1. The monoisotopic (exact) mass is 339 g/mol. The zero-order valence-electron chi connectivity index (χ0n) is 15.1. The van der Waals surface area contributed by atoms with Gasteiger partial charge in [-0.2, -0.15) is 0 Å². The van der Waals surface area contributed by atoms with E-state index in [0.717, 1.165) is 30.2 Å². The minimum Gasteiger partial charge on any atom is -0.481 e. The summed E-state index contributed by atoms with van der Waals surface area (Å²) >= 11 is 0. The van der Waals surface area contributed by atoms with Crippen molar-refractivity contribution in [1.29, 1.82) is 0 Å². The van der Waals surface area contributed by atoms with E-state index in [0.29, 0.717) is 13.1 Å². The number of hydrogen-bond donors (Lipinski definition) is 0. The highest BCUT2D eigenvalue weighted by Gasteiger charge is 2.26. The minimum atomic E-state index is -0.484. The first kappa shape index (κ1) is 17.3. The summed E-state index contributed by atoms with van der Waals surface area (Å²) in [5, 5.41) is 0. The maximum atomic E-state index is 12.7. The van der Waals surface area contributed by atoms with Crippen LogP contribution in [0.5, 0.6) is 5.75 Å². The molecule has 1 saturated heterocycles. The molecule has 25 heavy (non-hydrogen) atoms. The van der Waals surface area contributed by atoms with Gasteiger partial charge in [-0.3, -0.25) is 4.79 Å². The summed E-state index contributed by atoms with van der Waals surface area (Å²) in [6, 6.07) is 11.8. The van der Waals surface area contributed by atoms with Crippen molar-refractivity contribution in [3.63, 3.8) is 0 Å². The van der Waals surface area contributed by atoms with E-state index < -0.39 is 6.10 Å². The molecule has 2 heterocycles. The summed E-state index contributed by atoms with van der Waals surface area (Å²) in [5.41, 5.74) is 2.25. The van der Waals surface area contributed by atoms with Gasteiger partial charge in [0, 0.05) is 32.4 Å².